The fourth-order valence-corrected chi connectivity index (χ4v) is 3.91. The molecule has 0 unspecified atom stereocenters. The number of pyridine rings is 4. The number of nitrogens with zero attached hydrogens (tertiary/aromatic N) is 4. The normalized spacial score (nSPS) is 11.2. The maximum Gasteiger partial charge on any atom is 0.0944 e. The van der Waals surface area contributed by atoms with Crippen LogP contribution in [0, 0.1) is 0 Å². The van der Waals surface area contributed by atoms with E-state index in [0.717, 1.165) is 11.0 Å². The van der Waals surface area contributed by atoms with Gasteiger partial charge in [-0.05, 0) is 36.4 Å². The SMILES string of the molecule is Cn1cccc2cc3cccnc3c1-2.Cn1cccc2cc3cccnc3c1-2. The molecule has 0 amide bonds. The molecule has 2 aromatic heterocycles. The topological polar surface area (TPSA) is 35.6 Å². The highest BCUT2D eigenvalue weighted by atomic mass is 14.9. The molecule has 28 heavy (non-hydrogen) atoms. The van der Waals surface area contributed by atoms with Crippen LogP contribution in [0.4, 0.5) is 0 Å². The molecule has 0 spiro atoms. The lowest BCUT2D eigenvalue weighted by Crippen LogP contribution is -1.94. The molecule has 0 saturated heterocycles. The van der Waals surface area contributed by atoms with Crippen LogP contribution in [0.2, 0.25) is 0 Å². The van der Waals surface area contributed by atoms with Crippen molar-refractivity contribution in [1.29, 1.82) is 0 Å². The van der Waals surface area contributed by atoms with Gasteiger partial charge in [0.05, 0.1) is 22.4 Å². The Morgan fingerprint density at radius 1 is 0.607 bits per heavy atom. The third kappa shape index (κ3) is 2.62. The summed E-state index contributed by atoms with van der Waals surface area (Å²) in [7, 11) is 4.10. The van der Waals surface area contributed by atoms with Gasteiger partial charge >= 0.3 is 0 Å². The molecule has 4 heterocycles. The molecule has 2 aliphatic heterocycles. The number of aromatic nitrogens is 4. The molecule has 0 N–H and O–H groups in total. The van der Waals surface area contributed by atoms with Gasteiger partial charge in [0, 0.05) is 60.8 Å². The average Bonchev–Trinajstić information content (AvgIpc) is 3.28. The highest BCUT2D eigenvalue weighted by Gasteiger charge is 2.12. The average molecular weight is 364 g/mol. The minimum absolute atomic E-state index is 1.09. The molecule has 2 aromatic rings. The van der Waals surface area contributed by atoms with Crippen LogP contribution < -0.4 is 0 Å². The number of hydrogen-bond acceptors (Lipinski definition) is 2. The van der Waals surface area contributed by atoms with Crippen molar-refractivity contribution in [3.63, 3.8) is 0 Å². The summed E-state index contributed by atoms with van der Waals surface area (Å²) in [6, 6.07) is 20.9. The van der Waals surface area contributed by atoms with Crippen molar-refractivity contribution in [2.24, 2.45) is 14.1 Å². The van der Waals surface area contributed by atoms with E-state index in [-0.39, 0.29) is 0 Å². The van der Waals surface area contributed by atoms with Crippen LogP contribution in [0.1, 0.15) is 0 Å². The monoisotopic (exact) mass is 364 g/mol. The molecule has 2 aliphatic carbocycles. The van der Waals surface area contributed by atoms with Crippen molar-refractivity contribution < 1.29 is 0 Å². The molecule has 4 aliphatic rings. The summed E-state index contributed by atoms with van der Waals surface area (Å²) < 4.78 is 4.23. The molecule has 4 nitrogen and oxygen atoms in total. The van der Waals surface area contributed by atoms with Crippen molar-refractivity contribution >= 4 is 21.8 Å². The maximum atomic E-state index is 4.41. The summed E-state index contributed by atoms with van der Waals surface area (Å²) in [5, 5.41) is 2.42. The van der Waals surface area contributed by atoms with Crippen LogP contribution in [-0.2, 0) is 14.1 Å². The van der Waals surface area contributed by atoms with Gasteiger partial charge in [0.1, 0.15) is 0 Å². The van der Waals surface area contributed by atoms with E-state index in [1.165, 1.54) is 33.3 Å². The second-order valence-corrected chi connectivity index (χ2v) is 7.02. The van der Waals surface area contributed by atoms with Gasteiger partial charge < -0.3 is 9.13 Å². The predicted octanol–water partition coefficient (Wildman–Crippen LogP) is 5.36. The van der Waals surface area contributed by atoms with Crippen LogP contribution >= 0.6 is 0 Å². The smallest absolute Gasteiger partial charge is 0.0944 e. The standard InChI is InChI=1S/2C12H10N2/c2*1-14-7-3-5-10-8-9-4-2-6-13-11(9)12(10)14/h2*2-8H,1H3. The second kappa shape index (κ2) is 6.50. The first-order chi connectivity index (χ1) is 13.7. The van der Waals surface area contributed by atoms with Gasteiger partial charge in [-0.1, -0.05) is 24.3 Å². The molecular formula is C24H20N4. The van der Waals surface area contributed by atoms with E-state index in [0.29, 0.717) is 0 Å². The zero-order chi connectivity index (χ0) is 19.1. The third-order valence-corrected chi connectivity index (χ3v) is 5.17. The van der Waals surface area contributed by atoms with Crippen LogP contribution in [0.5, 0.6) is 0 Å². The zero-order valence-electron chi connectivity index (χ0n) is 15.9. The molecule has 0 fully saturated rings. The van der Waals surface area contributed by atoms with Gasteiger partial charge in [0.2, 0.25) is 0 Å². The summed E-state index contributed by atoms with van der Waals surface area (Å²) >= 11 is 0. The Balaban J connectivity index is 0.000000122. The largest absolute Gasteiger partial charge is 0.349 e. The summed E-state index contributed by atoms with van der Waals surface area (Å²) in [6.07, 6.45) is 7.79. The van der Waals surface area contributed by atoms with Gasteiger partial charge in [-0.15, -0.1) is 0 Å². The van der Waals surface area contributed by atoms with E-state index in [1.807, 2.05) is 24.5 Å². The molecule has 6 rings (SSSR count). The molecule has 0 atom stereocenters. The van der Waals surface area contributed by atoms with Gasteiger partial charge in [-0.3, -0.25) is 9.97 Å². The van der Waals surface area contributed by atoms with Crippen molar-refractivity contribution in [1.82, 2.24) is 19.1 Å². The van der Waals surface area contributed by atoms with Gasteiger partial charge in [-0.25, -0.2) is 0 Å². The van der Waals surface area contributed by atoms with E-state index in [2.05, 4.69) is 94.1 Å². The molecule has 136 valence electrons. The minimum atomic E-state index is 1.09. The first kappa shape index (κ1) is 16.5. The lowest BCUT2D eigenvalue weighted by atomic mass is 10.2. The summed E-state index contributed by atoms with van der Waals surface area (Å²) in [6.45, 7) is 0. The van der Waals surface area contributed by atoms with E-state index < -0.39 is 0 Å². The highest BCUT2D eigenvalue weighted by Crippen LogP contribution is 2.32. The summed E-state index contributed by atoms with van der Waals surface area (Å²) in [4.78, 5) is 8.82. The Morgan fingerprint density at radius 3 is 1.54 bits per heavy atom. The molecular weight excluding hydrogens is 344 g/mol. The number of rotatable bonds is 0. The van der Waals surface area contributed by atoms with Crippen LogP contribution in [0.3, 0.4) is 0 Å². The van der Waals surface area contributed by atoms with Crippen LogP contribution in [0.25, 0.3) is 44.3 Å². The van der Waals surface area contributed by atoms with Crippen molar-refractivity contribution in [2.75, 3.05) is 0 Å². The molecule has 0 saturated carbocycles. The van der Waals surface area contributed by atoms with E-state index in [9.17, 15) is 0 Å². The third-order valence-electron chi connectivity index (χ3n) is 5.17. The quantitative estimate of drug-likeness (QED) is 0.364. The molecule has 0 bridgehead atoms. The first-order valence-corrected chi connectivity index (χ1v) is 9.30. The van der Waals surface area contributed by atoms with Crippen molar-refractivity contribution in [2.45, 2.75) is 0 Å². The Bertz CT molecular complexity index is 1240. The van der Waals surface area contributed by atoms with Crippen molar-refractivity contribution in [3.05, 3.63) is 85.5 Å². The number of aryl methyl sites for hydroxylation is 2. The molecule has 0 aromatic carbocycles. The van der Waals surface area contributed by atoms with Gasteiger partial charge in [0.25, 0.3) is 0 Å². The van der Waals surface area contributed by atoms with E-state index >= 15 is 0 Å². The number of hydrogen-bond donors (Lipinski definition) is 0. The minimum Gasteiger partial charge on any atom is -0.349 e. The molecule has 4 heteroatoms. The van der Waals surface area contributed by atoms with E-state index in [4.69, 9.17) is 0 Å². The van der Waals surface area contributed by atoms with E-state index in [1.54, 1.807) is 0 Å². The van der Waals surface area contributed by atoms with Crippen LogP contribution in [0.15, 0.2) is 85.5 Å². The molecule has 0 radical (unpaired) electrons. The Morgan fingerprint density at radius 2 is 1.07 bits per heavy atom. The fraction of sp³-hybridized carbons (Fsp3) is 0.0833. The Kier molecular flexibility index (Phi) is 3.83. The first-order valence-electron chi connectivity index (χ1n) is 9.30. The lowest BCUT2D eigenvalue weighted by Gasteiger charge is -2.05. The van der Waals surface area contributed by atoms with Gasteiger partial charge in [-0.2, -0.15) is 0 Å². The fourth-order valence-electron chi connectivity index (χ4n) is 3.91. The summed E-state index contributed by atoms with van der Waals surface area (Å²) in [5.41, 5.74) is 7.11. The Hall–Kier alpha value is -3.66. The predicted molar refractivity (Wildman–Crippen MR) is 115 cm³/mol. The zero-order valence-corrected chi connectivity index (χ0v) is 15.9. The lowest BCUT2D eigenvalue weighted by molar-refractivity contribution is 0.919. The Labute approximate surface area is 163 Å². The van der Waals surface area contributed by atoms with Crippen LogP contribution in [-0.4, -0.2) is 19.1 Å². The number of fused-ring (bicyclic) bond motifs is 6. The van der Waals surface area contributed by atoms with Gasteiger partial charge in [0.15, 0.2) is 0 Å². The second-order valence-electron chi connectivity index (χ2n) is 7.02. The summed E-state index contributed by atoms with van der Waals surface area (Å²) in [5.74, 6) is 0. The van der Waals surface area contributed by atoms with Crippen molar-refractivity contribution in [3.8, 4) is 22.5 Å². The maximum absolute atomic E-state index is 4.41. The highest BCUT2D eigenvalue weighted by molar-refractivity contribution is 5.98.